The number of aliphatic hydroxyl groups excluding tert-OH is 4. The summed E-state index contributed by atoms with van der Waals surface area (Å²) >= 11 is 0. The van der Waals surface area contributed by atoms with Gasteiger partial charge in [-0.15, -0.1) is 0 Å². The van der Waals surface area contributed by atoms with Crippen LogP contribution in [0.1, 0.15) is 0 Å². The van der Waals surface area contributed by atoms with Crippen LogP contribution in [0.25, 0.3) is 0 Å². The van der Waals surface area contributed by atoms with E-state index in [1.54, 1.807) is 0 Å². The number of amidine groups is 1. The number of hydrogen-bond acceptors (Lipinski definition) is 8. The van der Waals surface area contributed by atoms with Gasteiger partial charge in [0.1, 0.15) is 18.3 Å². The van der Waals surface area contributed by atoms with Gasteiger partial charge >= 0.3 is 6.03 Å². The SMILES string of the molecule is N=C1C(=O)NC(=O)NC1=NCC(O)C(O)C(O)CO. The van der Waals surface area contributed by atoms with E-state index in [9.17, 15) is 19.8 Å². The van der Waals surface area contributed by atoms with Crippen LogP contribution < -0.4 is 10.6 Å². The van der Waals surface area contributed by atoms with Crippen LogP contribution in [0.3, 0.4) is 0 Å². The summed E-state index contributed by atoms with van der Waals surface area (Å²) < 4.78 is 0. The zero-order valence-electron chi connectivity index (χ0n) is 9.70. The maximum atomic E-state index is 11.1. The third-order valence-corrected chi connectivity index (χ3v) is 2.33. The lowest BCUT2D eigenvalue weighted by Gasteiger charge is -2.21. The number of carbonyl (C=O) groups is 2. The van der Waals surface area contributed by atoms with Crippen molar-refractivity contribution < 1.29 is 30.0 Å². The van der Waals surface area contributed by atoms with Gasteiger partial charge in [-0.25, -0.2) is 4.79 Å². The quantitative estimate of drug-likeness (QED) is 0.271. The molecule has 3 unspecified atom stereocenters. The highest BCUT2D eigenvalue weighted by Crippen LogP contribution is 2.01. The van der Waals surface area contributed by atoms with Crippen LogP contribution in [0.2, 0.25) is 0 Å². The molecule has 10 heteroatoms. The first-order valence-corrected chi connectivity index (χ1v) is 5.27. The molecule has 0 spiro atoms. The lowest BCUT2D eigenvalue weighted by Crippen LogP contribution is -2.56. The van der Waals surface area contributed by atoms with E-state index in [2.05, 4.69) is 10.3 Å². The fourth-order valence-corrected chi connectivity index (χ4v) is 1.25. The van der Waals surface area contributed by atoms with Crippen molar-refractivity contribution in [1.29, 1.82) is 5.41 Å². The normalized spacial score (nSPS) is 22.7. The molecule has 0 aliphatic carbocycles. The van der Waals surface area contributed by atoms with Crippen molar-refractivity contribution in [2.24, 2.45) is 4.99 Å². The van der Waals surface area contributed by atoms with E-state index in [0.29, 0.717) is 0 Å². The highest BCUT2D eigenvalue weighted by Gasteiger charge is 2.28. The van der Waals surface area contributed by atoms with Crippen molar-refractivity contribution in [3.8, 4) is 0 Å². The van der Waals surface area contributed by atoms with E-state index >= 15 is 0 Å². The molecule has 3 atom stereocenters. The van der Waals surface area contributed by atoms with Crippen LogP contribution in [0.15, 0.2) is 4.99 Å². The van der Waals surface area contributed by atoms with Crippen molar-refractivity contribution in [1.82, 2.24) is 10.6 Å². The summed E-state index contributed by atoms with van der Waals surface area (Å²) in [5.41, 5.74) is -0.594. The summed E-state index contributed by atoms with van der Waals surface area (Å²) in [7, 11) is 0. The molecule has 19 heavy (non-hydrogen) atoms. The Hall–Kier alpha value is -1.88. The number of carbonyl (C=O) groups excluding carboxylic acids is 2. The summed E-state index contributed by atoms with van der Waals surface area (Å²) in [6, 6.07) is -0.856. The monoisotopic (exact) mass is 274 g/mol. The van der Waals surface area contributed by atoms with E-state index in [1.807, 2.05) is 5.32 Å². The molecule has 0 aromatic rings. The summed E-state index contributed by atoms with van der Waals surface area (Å²) in [6.45, 7) is -1.22. The molecule has 1 rings (SSSR count). The van der Waals surface area contributed by atoms with Crippen LogP contribution in [0, 0.1) is 5.41 Å². The maximum Gasteiger partial charge on any atom is 0.327 e. The number of rotatable bonds is 5. The van der Waals surface area contributed by atoms with Crippen LogP contribution >= 0.6 is 0 Å². The number of amides is 3. The Morgan fingerprint density at radius 2 is 1.79 bits per heavy atom. The highest BCUT2D eigenvalue weighted by atomic mass is 16.4. The molecule has 0 bridgehead atoms. The maximum absolute atomic E-state index is 11.1. The summed E-state index contributed by atoms with van der Waals surface area (Å²) in [5.74, 6) is -1.29. The zero-order chi connectivity index (χ0) is 14.6. The van der Waals surface area contributed by atoms with E-state index < -0.39 is 49.1 Å². The predicted octanol–water partition coefficient (Wildman–Crippen LogP) is -3.68. The number of urea groups is 1. The molecular weight excluding hydrogens is 260 g/mol. The smallest absolute Gasteiger partial charge is 0.327 e. The number of nitrogens with one attached hydrogen (secondary N) is 3. The molecule has 106 valence electrons. The Bertz CT molecular complexity index is 423. The van der Waals surface area contributed by atoms with Crippen molar-refractivity contribution in [3.63, 3.8) is 0 Å². The Balaban J connectivity index is 2.67. The number of imide groups is 1. The molecular formula is C9H14N4O6. The third kappa shape index (κ3) is 3.79. The molecule has 7 N–H and O–H groups in total. The summed E-state index contributed by atoms with van der Waals surface area (Å²) in [5, 5.41) is 47.7. The van der Waals surface area contributed by atoms with E-state index in [0.717, 1.165) is 0 Å². The van der Waals surface area contributed by atoms with Gasteiger partial charge in [-0.1, -0.05) is 0 Å². The van der Waals surface area contributed by atoms with Crippen molar-refractivity contribution in [3.05, 3.63) is 0 Å². The second-order valence-corrected chi connectivity index (χ2v) is 3.78. The first-order valence-electron chi connectivity index (χ1n) is 5.27. The molecule has 1 heterocycles. The van der Waals surface area contributed by atoms with Crippen LogP contribution in [-0.4, -0.2) is 75.4 Å². The van der Waals surface area contributed by atoms with Crippen molar-refractivity contribution in [2.45, 2.75) is 18.3 Å². The van der Waals surface area contributed by atoms with Gasteiger partial charge in [-0.05, 0) is 0 Å². The Kier molecular flexibility index (Phi) is 5.06. The zero-order valence-corrected chi connectivity index (χ0v) is 9.70. The van der Waals surface area contributed by atoms with Crippen molar-refractivity contribution >= 4 is 23.5 Å². The standard InChI is InChI=1S/C9H14N4O6/c10-5-7(12-9(19)13-8(5)18)11-1-3(15)6(17)4(16)2-14/h3-4,6,10,14-17H,1-2H2,(H2,11,12,13,18,19). The van der Waals surface area contributed by atoms with Gasteiger partial charge in [0.05, 0.1) is 13.2 Å². The van der Waals surface area contributed by atoms with Crippen molar-refractivity contribution in [2.75, 3.05) is 13.2 Å². The van der Waals surface area contributed by atoms with Gasteiger partial charge in [0.2, 0.25) is 0 Å². The van der Waals surface area contributed by atoms with Crippen LogP contribution in [-0.2, 0) is 4.79 Å². The molecule has 1 aliphatic heterocycles. The highest BCUT2D eigenvalue weighted by molar-refractivity contribution is 6.69. The van der Waals surface area contributed by atoms with E-state index in [1.165, 1.54) is 0 Å². The minimum Gasteiger partial charge on any atom is -0.394 e. The molecule has 1 aliphatic rings. The topological polar surface area (TPSA) is 175 Å². The number of hydrogen-bond donors (Lipinski definition) is 7. The second kappa shape index (κ2) is 6.33. The van der Waals surface area contributed by atoms with Gasteiger partial charge in [-0.2, -0.15) is 0 Å². The Morgan fingerprint density at radius 1 is 1.16 bits per heavy atom. The Morgan fingerprint density at radius 3 is 2.37 bits per heavy atom. The summed E-state index contributed by atoms with van der Waals surface area (Å²) in [4.78, 5) is 25.6. The molecule has 0 aromatic carbocycles. The lowest BCUT2D eigenvalue weighted by molar-refractivity contribution is -0.113. The first kappa shape index (κ1) is 15.2. The number of aliphatic hydroxyl groups is 4. The average Bonchev–Trinajstić information content (AvgIpc) is 2.38. The molecule has 10 nitrogen and oxygen atoms in total. The minimum absolute atomic E-state index is 0.349. The lowest BCUT2D eigenvalue weighted by atomic mass is 10.1. The predicted molar refractivity (Wildman–Crippen MR) is 61.8 cm³/mol. The van der Waals surface area contributed by atoms with Gasteiger partial charge < -0.3 is 20.4 Å². The fourth-order valence-electron chi connectivity index (χ4n) is 1.25. The Labute approximate surface area is 107 Å². The van der Waals surface area contributed by atoms with Gasteiger partial charge in [0.25, 0.3) is 5.91 Å². The van der Waals surface area contributed by atoms with Gasteiger partial charge in [0.15, 0.2) is 11.5 Å². The molecule has 0 aromatic heterocycles. The fraction of sp³-hybridized carbons (Fsp3) is 0.556. The van der Waals surface area contributed by atoms with Gasteiger partial charge in [-0.3, -0.25) is 25.8 Å². The third-order valence-electron chi connectivity index (χ3n) is 2.33. The van der Waals surface area contributed by atoms with Crippen LogP contribution in [0.4, 0.5) is 4.79 Å². The minimum atomic E-state index is -1.64. The molecule has 1 fully saturated rings. The number of aliphatic imine (C=N–C) groups is 1. The number of nitrogens with zero attached hydrogens (tertiary/aromatic N) is 1. The van der Waals surface area contributed by atoms with Crippen LogP contribution in [0.5, 0.6) is 0 Å². The largest absolute Gasteiger partial charge is 0.394 e. The van der Waals surface area contributed by atoms with E-state index in [-0.39, 0.29) is 5.84 Å². The second-order valence-electron chi connectivity index (χ2n) is 3.78. The summed E-state index contributed by atoms with van der Waals surface area (Å²) in [6.07, 6.45) is -4.71. The molecule has 1 saturated heterocycles. The molecule has 0 radical (unpaired) electrons. The average molecular weight is 274 g/mol. The first-order chi connectivity index (χ1) is 8.86. The molecule has 3 amide bonds. The van der Waals surface area contributed by atoms with E-state index in [4.69, 9.17) is 15.6 Å². The van der Waals surface area contributed by atoms with Gasteiger partial charge in [0, 0.05) is 0 Å². The molecule has 0 saturated carbocycles.